The molecule has 6 nitrogen and oxygen atoms in total. The van der Waals surface area contributed by atoms with Gasteiger partial charge >= 0.3 is 0 Å². The van der Waals surface area contributed by atoms with Crippen molar-refractivity contribution in [1.29, 1.82) is 0 Å². The molecule has 0 aliphatic rings. The van der Waals surface area contributed by atoms with Gasteiger partial charge in [-0.3, -0.25) is 9.36 Å². The normalized spacial score (nSPS) is 12.4. The summed E-state index contributed by atoms with van der Waals surface area (Å²) in [6.45, 7) is 1.93. The number of thiazole rings is 1. The topological polar surface area (TPSA) is 82.9 Å². The van der Waals surface area contributed by atoms with Gasteiger partial charge in [0.05, 0.1) is 11.4 Å². The molecule has 3 aromatic heterocycles. The van der Waals surface area contributed by atoms with Crippen molar-refractivity contribution in [3.05, 3.63) is 75.4 Å². The number of aliphatic hydroxyl groups excluding tert-OH is 1. The van der Waals surface area contributed by atoms with Crippen LogP contribution in [0.4, 0.5) is 9.52 Å². The Hall–Kier alpha value is -2.97. The predicted octanol–water partition coefficient (Wildman–Crippen LogP) is 3.33. The number of hydrogen-bond donors (Lipinski definition) is 3. The lowest BCUT2D eigenvalue weighted by atomic mass is 10.2. The molecule has 3 N–H and O–H groups in total. The number of fused-ring (bicyclic) bond motifs is 1. The first kappa shape index (κ1) is 16.5. The number of aromatic amines is 1. The third-order valence-electron chi connectivity index (χ3n) is 3.96. The summed E-state index contributed by atoms with van der Waals surface area (Å²) in [6, 6.07) is 10.5. The van der Waals surface area contributed by atoms with Crippen LogP contribution in [0, 0.1) is 12.7 Å². The number of anilines is 1. The number of pyridine rings is 1. The molecule has 3 heterocycles. The summed E-state index contributed by atoms with van der Waals surface area (Å²) in [5.74, 6) is -0.375. The summed E-state index contributed by atoms with van der Waals surface area (Å²) < 4.78 is 14.6. The predicted molar refractivity (Wildman–Crippen MR) is 99.3 cm³/mol. The highest BCUT2D eigenvalue weighted by Crippen LogP contribution is 2.24. The van der Waals surface area contributed by atoms with Crippen LogP contribution in [-0.4, -0.2) is 19.6 Å². The number of H-pyrrole nitrogens is 1. The Kier molecular flexibility index (Phi) is 4.06. The van der Waals surface area contributed by atoms with E-state index in [1.807, 2.05) is 6.92 Å². The number of aromatic nitrogens is 3. The minimum atomic E-state index is -1.01. The second-order valence-corrected chi connectivity index (χ2v) is 7.07. The van der Waals surface area contributed by atoms with Gasteiger partial charge in [0.2, 0.25) is 0 Å². The molecule has 0 aliphatic carbocycles. The van der Waals surface area contributed by atoms with E-state index in [1.54, 1.807) is 18.3 Å². The molecule has 0 fully saturated rings. The highest BCUT2D eigenvalue weighted by atomic mass is 32.1. The van der Waals surface area contributed by atoms with Crippen LogP contribution in [0.2, 0.25) is 0 Å². The lowest BCUT2D eigenvalue weighted by Crippen LogP contribution is -2.17. The first-order valence-corrected chi connectivity index (χ1v) is 8.70. The summed E-state index contributed by atoms with van der Waals surface area (Å²) in [6.07, 6.45) is 0.710. The van der Waals surface area contributed by atoms with E-state index in [2.05, 4.69) is 15.3 Å². The largest absolute Gasteiger partial charge is 0.368 e. The molecular formula is C18H15FN4O2S. The SMILES string of the molecule is Cc1cnc(NC(O)c2cc3ccc(=O)n(-c4ccc(F)cc4)c3[nH]2)s1. The zero-order valence-electron chi connectivity index (χ0n) is 13.7. The lowest BCUT2D eigenvalue weighted by molar-refractivity contribution is 0.204. The van der Waals surface area contributed by atoms with Gasteiger partial charge in [0.25, 0.3) is 5.56 Å². The van der Waals surface area contributed by atoms with Gasteiger partial charge < -0.3 is 15.4 Å². The smallest absolute Gasteiger partial charge is 0.256 e. The molecular weight excluding hydrogens is 355 g/mol. The van der Waals surface area contributed by atoms with Crippen LogP contribution in [0.5, 0.6) is 0 Å². The summed E-state index contributed by atoms with van der Waals surface area (Å²) in [4.78, 5) is 20.6. The number of rotatable bonds is 4. The van der Waals surface area contributed by atoms with Gasteiger partial charge in [-0.1, -0.05) is 0 Å². The first-order valence-electron chi connectivity index (χ1n) is 7.89. The molecule has 1 atom stereocenters. The molecule has 132 valence electrons. The van der Waals surface area contributed by atoms with Gasteiger partial charge in [-0.2, -0.15) is 0 Å². The molecule has 0 spiro atoms. The Balaban J connectivity index is 1.76. The average molecular weight is 370 g/mol. The van der Waals surface area contributed by atoms with Crippen LogP contribution in [0.25, 0.3) is 16.7 Å². The minimum Gasteiger partial charge on any atom is -0.368 e. The molecule has 0 saturated carbocycles. The van der Waals surface area contributed by atoms with Gasteiger partial charge in [-0.25, -0.2) is 9.37 Å². The fourth-order valence-corrected chi connectivity index (χ4v) is 3.44. The molecule has 26 heavy (non-hydrogen) atoms. The van der Waals surface area contributed by atoms with E-state index in [-0.39, 0.29) is 11.4 Å². The maximum atomic E-state index is 13.2. The van der Waals surface area contributed by atoms with Crippen LogP contribution in [0.1, 0.15) is 16.8 Å². The third-order valence-corrected chi connectivity index (χ3v) is 4.80. The Bertz CT molecular complexity index is 1130. The van der Waals surface area contributed by atoms with E-state index in [4.69, 9.17) is 0 Å². The van der Waals surface area contributed by atoms with Crippen LogP contribution >= 0.6 is 11.3 Å². The van der Waals surface area contributed by atoms with Crippen molar-refractivity contribution >= 4 is 27.5 Å². The highest BCUT2D eigenvalue weighted by molar-refractivity contribution is 7.15. The van der Waals surface area contributed by atoms with E-state index in [1.165, 1.54) is 46.2 Å². The van der Waals surface area contributed by atoms with Crippen molar-refractivity contribution in [1.82, 2.24) is 14.5 Å². The van der Waals surface area contributed by atoms with Crippen molar-refractivity contribution in [3.63, 3.8) is 0 Å². The van der Waals surface area contributed by atoms with Gasteiger partial charge in [-0.05, 0) is 43.3 Å². The van der Waals surface area contributed by atoms with Gasteiger partial charge in [0.15, 0.2) is 11.4 Å². The summed E-state index contributed by atoms with van der Waals surface area (Å²) in [5.41, 5.74) is 1.30. The Labute approximate surface area is 151 Å². The maximum Gasteiger partial charge on any atom is 0.256 e. The van der Waals surface area contributed by atoms with Gasteiger partial charge in [0.1, 0.15) is 11.5 Å². The van der Waals surface area contributed by atoms with Gasteiger partial charge in [0, 0.05) is 22.5 Å². The quantitative estimate of drug-likeness (QED) is 0.481. The second-order valence-electron chi connectivity index (χ2n) is 5.83. The molecule has 0 amide bonds. The van der Waals surface area contributed by atoms with E-state index in [0.717, 1.165) is 10.3 Å². The summed E-state index contributed by atoms with van der Waals surface area (Å²) in [7, 11) is 0. The molecule has 1 unspecified atom stereocenters. The van der Waals surface area contributed by atoms with E-state index in [9.17, 15) is 14.3 Å². The Morgan fingerprint density at radius 2 is 2.04 bits per heavy atom. The van der Waals surface area contributed by atoms with Crippen molar-refractivity contribution in [3.8, 4) is 5.69 Å². The monoisotopic (exact) mass is 370 g/mol. The van der Waals surface area contributed by atoms with Crippen LogP contribution in [0.15, 0.2) is 53.5 Å². The van der Waals surface area contributed by atoms with Crippen LogP contribution < -0.4 is 10.9 Å². The van der Waals surface area contributed by atoms with Crippen molar-refractivity contribution in [2.45, 2.75) is 13.2 Å². The van der Waals surface area contributed by atoms with E-state index >= 15 is 0 Å². The fraction of sp³-hybridized carbons (Fsp3) is 0.111. The van der Waals surface area contributed by atoms with Crippen LogP contribution in [0.3, 0.4) is 0 Å². The summed E-state index contributed by atoms with van der Waals surface area (Å²) in [5, 5.41) is 14.7. The van der Waals surface area contributed by atoms with Crippen molar-refractivity contribution in [2.24, 2.45) is 0 Å². The number of aryl methyl sites for hydroxylation is 1. The minimum absolute atomic E-state index is 0.254. The lowest BCUT2D eigenvalue weighted by Gasteiger charge is -2.10. The zero-order valence-corrected chi connectivity index (χ0v) is 14.5. The number of benzene rings is 1. The standard InChI is InChI=1S/C18H15FN4O2S/c1-10-9-20-18(26-10)22-17(25)14-8-11-2-7-15(24)23(16(11)21-14)13-5-3-12(19)4-6-13/h2-9,17,21,25H,1H3,(H,20,22). The fourth-order valence-electron chi connectivity index (χ4n) is 2.75. The van der Waals surface area contributed by atoms with Crippen molar-refractivity contribution in [2.75, 3.05) is 5.32 Å². The molecule has 0 aliphatic heterocycles. The summed E-state index contributed by atoms with van der Waals surface area (Å²) >= 11 is 1.43. The molecule has 4 rings (SSSR count). The van der Waals surface area contributed by atoms with E-state index < -0.39 is 6.23 Å². The maximum absolute atomic E-state index is 13.2. The molecule has 0 saturated heterocycles. The molecule has 0 radical (unpaired) electrons. The zero-order chi connectivity index (χ0) is 18.3. The highest BCUT2D eigenvalue weighted by Gasteiger charge is 2.15. The molecule has 8 heteroatoms. The number of nitrogens with one attached hydrogen (secondary N) is 2. The molecule has 4 aromatic rings. The third kappa shape index (κ3) is 3.00. The van der Waals surface area contributed by atoms with Gasteiger partial charge in [-0.15, -0.1) is 11.3 Å². The average Bonchev–Trinajstić information content (AvgIpc) is 3.22. The second kappa shape index (κ2) is 6.40. The molecule has 1 aromatic carbocycles. The first-order chi connectivity index (χ1) is 12.5. The van der Waals surface area contributed by atoms with Crippen LogP contribution in [-0.2, 0) is 0 Å². The Morgan fingerprint density at radius 3 is 2.73 bits per heavy atom. The van der Waals surface area contributed by atoms with E-state index in [0.29, 0.717) is 22.2 Å². The number of nitrogens with zero attached hydrogens (tertiary/aromatic N) is 2. The van der Waals surface area contributed by atoms with Crippen molar-refractivity contribution < 1.29 is 9.50 Å². The number of hydrogen-bond acceptors (Lipinski definition) is 5. The number of halogens is 1. The molecule has 0 bridgehead atoms. The Morgan fingerprint density at radius 1 is 1.27 bits per heavy atom. The number of aliphatic hydroxyl groups is 1.